The van der Waals surface area contributed by atoms with Gasteiger partial charge in [0.15, 0.2) is 20.1 Å². The fourth-order valence-corrected chi connectivity index (χ4v) is 5.02. The van der Waals surface area contributed by atoms with Gasteiger partial charge >= 0.3 is 0 Å². The molecule has 170 valence electrons. The number of nitrogens with zero attached hydrogens (tertiary/aromatic N) is 6. The molecule has 3 heterocycles. The highest BCUT2D eigenvalue weighted by atomic mass is 35.5. The van der Waals surface area contributed by atoms with Gasteiger partial charge in [-0.2, -0.15) is 10.4 Å². The van der Waals surface area contributed by atoms with Crippen LogP contribution in [0.15, 0.2) is 36.7 Å². The molecule has 0 aliphatic carbocycles. The number of pyridine rings is 1. The molecule has 0 spiro atoms. The van der Waals surface area contributed by atoms with Crippen molar-refractivity contribution in [2.24, 2.45) is 7.05 Å². The molecule has 4 aromatic rings. The second kappa shape index (κ2) is 8.75. The van der Waals surface area contributed by atoms with Crippen LogP contribution >= 0.6 is 11.6 Å². The Morgan fingerprint density at radius 2 is 1.85 bits per heavy atom. The van der Waals surface area contributed by atoms with Gasteiger partial charge in [-0.15, -0.1) is 0 Å². The van der Waals surface area contributed by atoms with Crippen LogP contribution in [0.4, 0.5) is 0 Å². The number of rotatable bonds is 6. The van der Waals surface area contributed by atoms with E-state index in [-0.39, 0.29) is 0 Å². The first-order valence-electron chi connectivity index (χ1n) is 10.8. The van der Waals surface area contributed by atoms with Crippen molar-refractivity contribution in [2.75, 3.05) is 0 Å². The Morgan fingerprint density at radius 1 is 1.15 bits per heavy atom. The van der Waals surface area contributed by atoms with Gasteiger partial charge in [0.1, 0.15) is 11.3 Å². The molecule has 1 unspecified atom stereocenters. The fourth-order valence-electron chi connectivity index (χ4n) is 4.02. The van der Waals surface area contributed by atoms with E-state index in [9.17, 15) is 5.26 Å². The summed E-state index contributed by atoms with van der Waals surface area (Å²) in [5.41, 5.74) is 5.90. The van der Waals surface area contributed by atoms with E-state index in [0.29, 0.717) is 11.6 Å². The first-order valence-corrected chi connectivity index (χ1v) is 14.5. The standard InChI is InChI=1S/C24H27ClN6OSi/c1-15-21(20(11-26)32-33(4,5)6)22(18-7-9-19(25)10-8-18)23-24(28-15)31(16(2)29-23)14-17-12-27-30(3)13-17/h7-10,12-13,20H,14H2,1-6H3. The first kappa shape index (κ1) is 23.2. The zero-order valence-electron chi connectivity index (χ0n) is 19.7. The lowest BCUT2D eigenvalue weighted by molar-refractivity contribution is 0.254. The van der Waals surface area contributed by atoms with Gasteiger partial charge in [-0.3, -0.25) is 4.68 Å². The van der Waals surface area contributed by atoms with Crippen molar-refractivity contribution in [3.05, 3.63) is 64.3 Å². The summed E-state index contributed by atoms with van der Waals surface area (Å²) in [5, 5.41) is 15.0. The summed E-state index contributed by atoms with van der Waals surface area (Å²) in [5.74, 6) is 0.840. The van der Waals surface area contributed by atoms with Crippen LogP contribution in [0, 0.1) is 25.2 Å². The molecule has 3 aromatic heterocycles. The molecule has 0 saturated heterocycles. The summed E-state index contributed by atoms with van der Waals surface area (Å²) in [6.45, 7) is 10.7. The molecule has 0 aliphatic rings. The summed E-state index contributed by atoms with van der Waals surface area (Å²) in [7, 11) is -0.109. The number of aryl methyl sites for hydroxylation is 3. The number of fused-ring (bicyclic) bond motifs is 1. The van der Waals surface area contributed by atoms with Crippen LogP contribution in [0.2, 0.25) is 24.7 Å². The molecule has 9 heteroatoms. The SMILES string of the molecule is Cc1nc2c(nc(C)n2Cc2cnn(C)c2)c(-c2ccc(Cl)cc2)c1C(C#N)O[Si](C)(C)C. The monoisotopic (exact) mass is 478 g/mol. The normalized spacial score (nSPS) is 12.8. The molecule has 0 bridgehead atoms. The number of nitriles is 1. The zero-order chi connectivity index (χ0) is 23.9. The van der Waals surface area contributed by atoms with Crippen LogP contribution in [0.1, 0.15) is 28.7 Å². The lowest BCUT2D eigenvalue weighted by atomic mass is 9.95. The van der Waals surface area contributed by atoms with Gasteiger partial charge in [0.25, 0.3) is 0 Å². The van der Waals surface area contributed by atoms with Crippen molar-refractivity contribution in [1.82, 2.24) is 24.3 Å². The summed E-state index contributed by atoms with van der Waals surface area (Å²) in [6, 6.07) is 9.98. The second-order valence-electron chi connectivity index (χ2n) is 9.17. The maximum Gasteiger partial charge on any atom is 0.186 e. The maximum atomic E-state index is 10.1. The van der Waals surface area contributed by atoms with E-state index in [1.807, 2.05) is 57.6 Å². The molecule has 0 fully saturated rings. The topological polar surface area (TPSA) is 81.5 Å². The molecule has 0 saturated carbocycles. The molecule has 0 N–H and O–H groups in total. The Balaban J connectivity index is 1.99. The summed E-state index contributed by atoms with van der Waals surface area (Å²) < 4.78 is 10.2. The lowest BCUT2D eigenvalue weighted by Gasteiger charge is -2.25. The molecule has 0 aliphatic heterocycles. The second-order valence-corrected chi connectivity index (χ2v) is 14.1. The van der Waals surface area contributed by atoms with Gasteiger partial charge in [-0.05, 0) is 51.2 Å². The Kier molecular flexibility index (Phi) is 6.14. The number of benzene rings is 1. The van der Waals surface area contributed by atoms with Crippen LogP contribution < -0.4 is 0 Å². The van der Waals surface area contributed by atoms with Gasteiger partial charge in [0.2, 0.25) is 0 Å². The van der Waals surface area contributed by atoms with Gasteiger partial charge in [-0.1, -0.05) is 23.7 Å². The molecule has 4 rings (SSSR count). The summed E-state index contributed by atoms with van der Waals surface area (Å²) in [6.07, 6.45) is 3.10. The average Bonchev–Trinajstić information content (AvgIpc) is 3.28. The minimum atomic E-state index is -2.01. The Labute approximate surface area is 199 Å². The van der Waals surface area contributed by atoms with Crippen LogP contribution in [0.5, 0.6) is 0 Å². The highest BCUT2D eigenvalue weighted by Gasteiger charge is 2.29. The van der Waals surface area contributed by atoms with Crippen molar-refractivity contribution in [3.8, 4) is 17.2 Å². The molecular formula is C24H27ClN6OSi. The Hall–Kier alpha value is -2.99. The predicted molar refractivity (Wildman–Crippen MR) is 133 cm³/mol. The summed E-state index contributed by atoms with van der Waals surface area (Å²) in [4.78, 5) is 9.85. The van der Waals surface area contributed by atoms with Gasteiger partial charge in [0.05, 0.1) is 18.8 Å². The van der Waals surface area contributed by atoms with Crippen LogP contribution in [-0.2, 0) is 18.0 Å². The van der Waals surface area contributed by atoms with E-state index in [4.69, 9.17) is 26.0 Å². The number of hydrogen-bond acceptors (Lipinski definition) is 5. The van der Waals surface area contributed by atoms with E-state index in [1.165, 1.54) is 0 Å². The zero-order valence-corrected chi connectivity index (χ0v) is 21.5. The van der Waals surface area contributed by atoms with Crippen molar-refractivity contribution < 1.29 is 4.43 Å². The van der Waals surface area contributed by atoms with Crippen LogP contribution in [0.25, 0.3) is 22.3 Å². The van der Waals surface area contributed by atoms with E-state index in [1.54, 1.807) is 4.68 Å². The minimum Gasteiger partial charge on any atom is -0.399 e. The molecule has 1 aromatic carbocycles. The molecular weight excluding hydrogens is 452 g/mol. The third-order valence-electron chi connectivity index (χ3n) is 5.38. The molecule has 33 heavy (non-hydrogen) atoms. The number of hydrogen-bond donors (Lipinski definition) is 0. The molecule has 0 amide bonds. The highest BCUT2D eigenvalue weighted by molar-refractivity contribution is 6.69. The maximum absolute atomic E-state index is 10.1. The molecule has 7 nitrogen and oxygen atoms in total. The summed E-state index contributed by atoms with van der Waals surface area (Å²) >= 11 is 6.18. The van der Waals surface area contributed by atoms with E-state index >= 15 is 0 Å². The minimum absolute atomic E-state index is 0.606. The Morgan fingerprint density at radius 3 is 2.42 bits per heavy atom. The Bertz CT molecular complexity index is 1360. The number of imidazole rings is 1. The van der Waals surface area contributed by atoms with Crippen molar-refractivity contribution >= 4 is 31.1 Å². The van der Waals surface area contributed by atoms with Crippen LogP contribution in [0.3, 0.4) is 0 Å². The third-order valence-corrected chi connectivity index (χ3v) is 6.58. The highest BCUT2D eigenvalue weighted by Crippen LogP contribution is 2.39. The number of halogens is 1. The van der Waals surface area contributed by atoms with Crippen molar-refractivity contribution in [1.29, 1.82) is 5.26 Å². The lowest BCUT2D eigenvalue weighted by Crippen LogP contribution is -2.28. The molecule has 1 atom stereocenters. The predicted octanol–water partition coefficient (Wildman–Crippen LogP) is 5.57. The molecule has 0 radical (unpaired) electrons. The van der Waals surface area contributed by atoms with E-state index in [0.717, 1.165) is 44.9 Å². The van der Waals surface area contributed by atoms with E-state index < -0.39 is 14.4 Å². The van der Waals surface area contributed by atoms with E-state index in [2.05, 4.69) is 35.4 Å². The third kappa shape index (κ3) is 4.71. The van der Waals surface area contributed by atoms with Crippen LogP contribution in [-0.4, -0.2) is 32.6 Å². The smallest absolute Gasteiger partial charge is 0.186 e. The number of aromatic nitrogens is 5. The quantitative estimate of drug-likeness (QED) is 0.338. The average molecular weight is 479 g/mol. The van der Waals surface area contributed by atoms with Gasteiger partial charge in [-0.25, -0.2) is 9.97 Å². The van der Waals surface area contributed by atoms with Crippen molar-refractivity contribution in [2.45, 2.75) is 46.1 Å². The van der Waals surface area contributed by atoms with Crippen molar-refractivity contribution in [3.63, 3.8) is 0 Å². The van der Waals surface area contributed by atoms with Gasteiger partial charge < -0.3 is 8.99 Å². The fraction of sp³-hybridized carbons (Fsp3) is 0.333. The first-order chi connectivity index (χ1) is 15.6. The van der Waals surface area contributed by atoms with Gasteiger partial charge in [0, 0.05) is 40.7 Å². The largest absolute Gasteiger partial charge is 0.399 e.